The summed E-state index contributed by atoms with van der Waals surface area (Å²) in [6, 6.07) is 8.75. The third-order valence-electron chi connectivity index (χ3n) is 2.20. The normalized spacial score (nSPS) is 10.1. The van der Waals surface area contributed by atoms with Gasteiger partial charge in [-0.3, -0.25) is 4.79 Å². The molecule has 0 aliphatic carbocycles. The van der Waals surface area contributed by atoms with Gasteiger partial charge in [0.2, 0.25) is 11.2 Å². The molecule has 0 spiro atoms. The Labute approximate surface area is 114 Å². The van der Waals surface area contributed by atoms with Gasteiger partial charge in [0, 0.05) is 11.2 Å². The van der Waals surface area contributed by atoms with E-state index < -0.39 is 0 Å². The molecule has 0 fully saturated rings. The molecule has 0 aliphatic heterocycles. The summed E-state index contributed by atoms with van der Waals surface area (Å²) in [5.41, 5.74) is 0.761. The minimum Gasteiger partial charge on any atom is -0.310 e. The number of rotatable bonds is 3. The molecule has 1 amide bonds. The largest absolute Gasteiger partial charge is 0.310 e. The number of carbonyl (C=O) groups is 1. The lowest BCUT2D eigenvalue weighted by Gasteiger charge is -2.05. The number of aromatic nitrogens is 2. The fraction of sp³-hybridized carbons (Fsp3) is 0.0833. The maximum Gasteiger partial charge on any atom is 0.230 e. The van der Waals surface area contributed by atoms with E-state index in [1.54, 1.807) is 18.2 Å². The molecule has 2 aromatic rings. The lowest BCUT2D eigenvalue weighted by Crippen LogP contribution is -2.15. The van der Waals surface area contributed by atoms with Crippen LogP contribution in [0.3, 0.4) is 0 Å². The quantitative estimate of drug-likeness (QED) is 0.880. The Balaban J connectivity index is 2.03. The van der Waals surface area contributed by atoms with Crippen molar-refractivity contribution in [2.45, 2.75) is 6.42 Å². The van der Waals surface area contributed by atoms with Gasteiger partial charge in [-0.2, -0.15) is 0 Å². The second-order valence-electron chi connectivity index (χ2n) is 3.53. The number of halogens is 2. The second-order valence-corrected chi connectivity index (χ2v) is 4.27. The van der Waals surface area contributed by atoms with Crippen molar-refractivity contribution in [3.05, 3.63) is 52.4 Å². The molecule has 0 bridgehead atoms. The molecule has 6 heteroatoms. The average Bonchev–Trinajstić information content (AvgIpc) is 2.32. The van der Waals surface area contributed by atoms with Gasteiger partial charge in [0.25, 0.3) is 0 Å². The van der Waals surface area contributed by atoms with E-state index in [4.69, 9.17) is 23.2 Å². The Bertz CT molecular complexity index is 575. The van der Waals surface area contributed by atoms with Gasteiger partial charge in [0.05, 0.1) is 6.42 Å². The average molecular weight is 282 g/mol. The second kappa shape index (κ2) is 5.80. The lowest BCUT2D eigenvalue weighted by atomic mass is 10.1. The number of amides is 1. The molecule has 1 heterocycles. The number of hydrogen-bond donors (Lipinski definition) is 1. The van der Waals surface area contributed by atoms with Crippen LogP contribution in [-0.2, 0) is 11.2 Å². The predicted molar refractivity (Wildman–Crippen MR) is 70.8 cm³/mol. The monoisotopic (exact) mass is 281 g/mol. The zero-order valence-electron chi connectivity index (χ0n) is 9.23. The Kier molecular flexibility index (Phi) is 4.12. The standard InChI is InChI=1S/C12H9Cl2N3O/c13-9-4-2-1-3-8(9)7-11(18)16-10-5-6-15-12(14)17-10/h1-6H,7H2,(H,15,16,17,18). The third-order valence-corrected chi connectivity index (χ3v) is 2.75. The SMILES string of the molecule is O=C(Cc1ccccc1Cl)Nc1ccnc(Cl)n1. The molecule has 18 heavy (non-hydrogen) atoms. The van der Waals surface area contributed by atoms with E-state index in [0.717, 1.165) is 5.56 Å². The topological polar surface area (TPSA) is 54.9 Å². The van der Waals surface area contributed by atoms with Crippen LogP contribution in [-0.4, -0.2) is 15.9 Å². The summed E-state index contributed by atoms with van der Waals surface area (Å²) >= 11 is 11.6. The molecule has 0 saturated heterocycles. The van der Waals surface area contributed by atoms with E-state index in [1.165, 1.54) is 6.20 Å². The van der Waals surface area contributed by atoms with Gasteiger partial charge in [-0.25, -0.2) is 9.97 Å². The molecule has 1 aromatic heterocycles. The van der Waals surface area contributed by atoms with Crippen molar-refractivity contribution in [2.75, 3.05) is 5.32 Å². The van der Waals surface area contributed by atoms with Crippen LogP contribution in [0, 0.1) is 0 Å². The molecule has 0 saturated carbocycles. The van der Waals surface area contributed by atoms with Crippen molar-refractivity contribution >= 4 is 34.9 Å². The van der Waals surface area contributed by atoms with Crippen molar-refractivity contribution < 1.29 is 4.79 Å². The molecule has 92 valence electrons. The molecular weight excluding hydrogens is 273 g/mol. The highest BCUT2D eigenvalue weighted by molar-refractivity contribution is 6.31. The van der Waals surface area contributed by atoms with E-state index in [-0.39, 0.29) is 17.6 Å². The highest BCUT2D eigenvalue weighted by Crippen LogP contribution is 2.16. The zero-order chi connectivity index (χ0) is 13.0. The highest BCUT2D eigenvalue weighted by atomic mass is 35.5. The molecule has 0 atom stereocenters. The molecule has 4 nitrogen and oxygen atoms in total. The molecule has 1 N–H and O–H groups in total. The van der Waals surface area contributed by atoms with E-state index in [2.05, 4.69) is 15.3 Å². The minimum absolute atomic E-state index is 0.0885. The van der Waals surface area contributed by atoms with Gasteiger partial charge in [-0.1, -0.05) is 29.8 Å². The van der Waals surface area contributed by atoms with Crippen molar-refractivity contribution in [2.24, 2.45) is 0 Å². The van der Waals surface area contributed by atoms with Crippen LogP contribution < -0.4 is 5.32 Å². The van der Waals surface area contributed by atoms with E-state index in [0.29, 0.717) is 10.8 Å². The maximum atomic E-state index is 11.8. The number of nitrogens with zero attached hydrogens (tertiary/aromatic N) is 2. The first-order valence-corrected chi connectivity index (χ1v) is 5.92. The number of hydrogen-bond acceptors (Lipinski definition) is 3. The summed E-state index contributed by atoms with van der Waals surface area (Å²) in [4.78, 5) is 19.4. The summed E-state index contributed by atoms with van der Waals surface area (Å²) < 4.78 is 0. The van der Waals surface area contributed by atoms with Crippen molar-refractivity contribution in [1.29, 1.82) is 0 Å². The Morgan fingerprint density at radius 2 is 2.00 bits per heavy atom. The van der Waals surface area contributed by atoms with E-state index in [1.807, 2.05) is 12.1 Å². The van der Waals surface area contributed by atoms with Crippen LogP contribution in [0.4, 0.5) is 5.82 Å². The molecule has 0 aliphatic rings. The minimum atomic E-state index is -0.210. The van der Waals surface area contributed by atoms with Crippen molar-refractivity contribution in [1.82, 2.24) is 9.97 Å². The van der Waals surface area contributed by atoms with Crippen LogP contribution in [0.25, 0.3) is 0 Å². The fourth-order valence-electron chi connectivity index (χ4n) is 1.41. The Morgan fingerprint density at radius 3 is 2.72 bits per heavy atom. The summed E-state index contributed by atoms with van der Waals surface area (Å²) in [6.07, 6.45) is 1.65. The Hall–Kier alpha value is -1.65. The summed E-state index contributed by atoms with van der Waals surface area (Å²) in [5.74, 6) is 0.157. The predicted octanol–water partition coefficient (Wildman–Crippen LogP) is 2.96. The van der Waals surface area contributed by atoms with Gasteiger partial charge in [-0.15, -0.1) is 0 Å². The fourth-order valence-corrected chi connectivity index (χ4v) is 1.76. The maximum absolute atomic E-state index is 11.8. The summed E-state index contributed by atoms with van der Waals surface area (Å²) in [5, 5.41) is 3.28. The molecule has 2 rings (SSSR count). The first kappa shape index (κ1) is 12.8. The first-order chi connectivity index (χ1) is 8.65. The van der Waals surface area contributed by atoms with Crippen molar-refractivity contribution in [3.63, 3.8) is 0 Å². The lowest BCUT2D eigenvalue weighted by molar-refractivity contribution is -0.115. The van der Waals surface area contributed by atoms with Crippen LogP contribution in [0.15, 0.2) is 36.5 Å². The smallest absolute Gasteiger partial charge is 0.230 e. The van der Waals surface area contributed by atoms with Gasteiger partial charge in [0.15, 0.2) is 0 Å². The number of carbonyl (C=O) groups excluding carboxylic acids is 1. The molecule has 0 radical (unpaired) electrons. The van der Waals surface area contributed by atoms with Gasteiger partial charge >= 0.3 is 0 Å². The number of nitrogens with one attached hydrogen (secondary N) is 1. The third kappa shape index (κ3) is 3.42. The zero-order valence-corrected chi connectivity index (χ0v) is 10.7. The van der Waals surface area contributed by atoms with Crippen LogP contribution >= 0.6 is 23.2 Å². The van der Waals surface area contributed by atoms with Crippen molar-refractivity contribution in [3.8, 4) is 0 Å². The van der Waals surface area contributed by atoms with Crippen LogP contribution in [0.2, 0.25) is 10.3 Å². The van der Waals surface area contributed by atoms with Crippen LogP contribution in [0.5, 0.6) is 0 Å². The van der Waals surface area contributed by atoms with E-state index in [9.17, 15) is 4.79 Å². The van der Waals surface area contributed by atoms with Gasteiger partial charge < -0.3 is 5.32 Å². The molecular formula is C12H9Cl2N3O. The highest BCUT2D eigenvalue weighted by Gasteiger charge is 2.07. The number of benzene rings is 1. The molecule has 1 aromatic carbocycles. The van der Waals surface area contributed by atoms with Gasteiger partial charge in [-0.05, 0) is 29.3 Å². The summed E-state index contributed by atoms with van der Waals surface area (Å²) in [6.45, 7) is 0. The van der Waals surface area contributed by atoms with E-state index >= 15 is 0 Å². The van der Waals surface area contributed by atoms with Gasteiger partial charge in [0.1, 0.15) is 5.82 Å². The first-order valence-electron chi connectivity index (χ1n) is 5.17. The Morgan fingerprint density at radius 1 is 1.22 bits per heavy atom. The number of anilines is 1. The molecule has 0 unspecified atom stereocenters. The van der Waals surface area contributed by atoms with Crippen LogP contribution in [0.1, 0.15) is 5.56 Å². The summed E-state index contributed by atoms with van der Waals surface area (Å²) in [7, 11) is 0.